The number of hydrogen-bond acceptors (Lipinski definition) is 3. The first-order valence-electron chi connectivity index (χ1n) is 8.01. The van der Waals surface area contributed by atoms with Crippen LogP contribution in [0.15, 0.2) is 24.3 Å². The zero-order valence-electron chi connectivity index (χ0n) is 14.1. The van der Waals surface area contributed by atoms with E-state index in [1.165, 1.54) is 24.0 Å². The average Bonchev–Trinajstić information content (AvgIpc) is 3.18. The maximum atomic E-state index is 12.3. The van der Waals surface area contributed by atoms with Crippen LogP contribution in [0.5, 0.6) is 0 Å². The highest BCUT2D eigenvalue weighted by molar-refractivity contribution is 5.78. The Hall–Kier alpha value is -1.39. The fourth-order valence-corrected chi connectivity index (χ4v) is 2.86. The van der Waals surface area contributed by atoms with E-state index in [1.807, 2.05) is 11.9 Å². The van der Waals surface area contributed by atoms with Crippen molar-refractivity contribution in [1.29, 1.82) is 0 Å². The Bertz CT molecular complexity index is 501. The Balaban J connectivity index is 1.94. The number of carbonyl (C=O) groups excluding carboxylic acids is 1. The summed E-state index contributed by atoms with van der Waals surface area (Å²) in [4.78, 5) is 14.1. The molecule has 2 N–H and O–H groups in total. The fraction of sp³-hybridized carbons (Fsp3) is 0.611. The molecule has 0 bridgehead atoms. The summed E-state index contributed by atoms with van der Waals surface area (Å²) < 4.78 is 0. The highest BCUT2D eigenvalue weighted by Gasteiger charge is 2.33. The number of hydrogen-bond donors (Lipinski definition) is 2. The molecule has 1 saturated carbocycles. The van der Waals surface area contributed by atoms with E-state index in [2.05, 4.69) is 36.5 Å². The molecule has 1 fully saturated rings. The van der Waals surface area contributed by atoms with E-state index in [4.69, 9.17) is 0 Å². The van der Waals surface area contributed by atoms with Crippen LogP contribution in [-0.4, -0.2) is 41.7 Å². The first-order chi connectivity index (χ1) is 10.2. The lowest BCUT2D eigenvalue weighted by Crippen LogP contribution is -2.43. The van der Waals surface area contributed by atoms with Crippen LogP contribution in [0.25, 0.3) is 0 Å². The van der Waals surface area contributed by atoms with Gasteiger partial charge in [0.1, 0.15) is 0 Å². The number of rotatable bonds is 7. The van der Waals surface area contributed by atoms with Crippen LogP contribution in [0, 0.1) is 12.8 Å². The van der Waals surface area contributed by atoms with Gasteiger partial charge in [0, 0.05) is 6.54 Å². The maximum Gasteiger partial charge on any atom is 0.234 e. The summed E-state index contributed by atoms with van der Waals surface area (Å²) in [6.45, 7) is 6.35. The van der Waals surface area contributed by atoms with Gasteiger partial charge in [0.15, 0.2) is 0 Å². The van der Waals surface area contributed by atoms with E-state index in [1.54, 1.807) is 13.8 Å². The van der Waals surface area contributed by atoms with Crippen LogP contribution in [0.3, 0.4) is 0 Å². The second kappa shape index (κ2) is 6.80. The Labute approximate surface area is 133 Å². The second-order valence-corrected chi connectivity index (χ2v) is 7.28. The summed E-state index contributed by atoms with van der Waals surface area (Å²) in [7, 11) is 1.86. The lowest BCUT2D eigenvalue weighted by atomic mass is 10.0. The number of nitrogens with zero attached hydrogens (tertiary/aromatic N) is 1. The third-order valence-corrected chi connectivity index (χ3v) is 3.92. The Morgan fingerprint density at radius 2 is 1.95 bits per heavy atom. The molecular formula is C18H28N2O2. The van der Waals surface area contributed by atoms with Gasteiger partial charge >= 0.3 is 0 Å². The van der Waals surface area contributed by atoms with Crippen molar-refractivity contribution < 1.29 is 9.90 Å². The predicted octanol–water partition coefficient (Wildman–Crippen LogP) is 2.27. The SMILES string of the molecule is Cc1ccc(C(NC(=O)CN(C)CC(C)(C)O)C2CC2)cc1. The number of aryl methyl sites for hydroxylation is 1. The number of aliphatic hydroxyl groups is 1. The lowest BCUT2D eigenvalue weighted by molar-refractivity contribution is -0.123. The van der Waals surface area contributed by atoms with Crippen molar-refractivity contribution in [2.24, 2.45) is 5.92 Å². The number of amides is 1. The van der Waals surface area contributed by atoms with E-state index in [0.29, 0.717) is 19.0 Å². The van der Waals surface area contributed by atoms with Crippen LogP contribution >= 0.6 is 0 Å². The van der Waals surface area contributed by atoms with Gasteiger partial charge in [0.05, 0.1) is 18.2 Å². The smallest absolute Gasteiger partial charge is 0.234 e. The minimum Gasteiger partial charge on any atom is -0.389 e. The van der Waals surface area contributed by atoms with Gasteiger partial charge in [-0.05, 0) is 52.1 Å². The first-order valence-corrected chi connectivity index (χ1v) is 8.01. The molecular weight excluding hydrogens is 276 g/mol. The van der Waals surface area contributed by atoms with Crippen molar-refractivity contribution in [3.05, 3.63) is 35.4 Å². The maximum absolute atomic E-state index is 12.3. The summed E-state index contributed by atoms with van der Waals surface area (Å²) in [6, 6.07) is 8.52. The quantitative estimate of drug-likeness (QED) is 0.812. The topological polar surface area (TPSA) is 52.6 Å². The van der Waals surface area contributed by atoms with Crippen LogP contribution < -0.4 is 5.32 Å². The molecule has 22 heavy (non-hydrogen) atoms. The van der Waals surface area contributed by atoms with Crippen LogP contribution in [0.1, 0.15) is 43.9 Å². The highest BCUT2D eigenvalue weighted by Crippen LogP contribution is 2.41. The molecule has 1 unspecified atom stereocenters. The third kappa shape index (κ3) is 5.43. The van der Waals surface area contributed by atoms with E-state index in [-0.39, 0.29) is 11.9 Å². The van der Waals surface area contributed by atoms with E-state index >= 15 is 0 Å². The summed E-state index contributed by atoms with van der Waals surface area (Å²) in [5.74, 6) is 0.579. The summed E-state index contributed by atoms with van der Waals surface area (Å²) in [5, 5.41) is 13.0. The molecule has 1 aliphatic carbocycles. The molecule has 0 aromatic heterocycles. The molecule has 122 valence electrons. The largest absolute Gasteiger partial charge is 0.389 e. The standard InChI is InChI=1S/C18H28N2O2/c1-13-5-7-14(8-6-13)17(15-9-10-15)19-16(21)11-20(4)12-18(2,3)22/h5-8,15,17,22H,9-12H2,1-4H3,(H,19,21). The normalized spacial score (nSPS) is 16.6. The van der Waals surface area contributed by atoms with Gasteiger partial charge in [-0.2, -0.15) is 0 Å². The zero-order valence-corrected chi connectivity index (χ0v) is 14.1. The number of benzene rings is 1. The Kier molecular flexibility index (Phi) is 5.24. The molecule has 1 atom stereocenters. The van der Waals surface area contributed by atoms with Crippen molar-refractivity contribution in [2.75, 3.05) is 20.1 Å². The van der Waals surface area contributed by atoms with Gasteiger partial charge in [-0.3, -0.25) is 9.69 Å². The molecule has 1 aliphatic rings. The van der Waals surface area contributed by atoms with Gasteiger partial charge in [-0.25, -0.2) is 0 Å². The molecule has 0 radical (unpaired) electrons. The van der Waals surface area contributed by atoms with Crippen molar-refractivity contribution >= 4 is 5.91 Å². The van der Waals surface area contributed by atoms with Gasteiger partial charge in [0.25, 0.3) is 0 Å². The minimum absolute atomic E-state index is 0.0178. The molecule has 1 aromatic carbocycles. The Morgan fingerprint density at radius 3 is 2.45 bits per heavy atom. The van der Waals surface area contributed by atoms with Gasteiger partial charge in [-0.1, -0.05) is 29.8 Å². The number of carbonyl (C=O) groups is 1. The third-order valence-electron chi connectivity index (χ3n) is 3.92. The van der Waals surface area contributed by atoms with E-state index < -0.39 is 5.60 Å². The molecule has 2 rings (SSSR count). The molecule has 0 aliphatic heterocycles. The van der Waals surface area contributed by atoms with E-state index in [9.17, 15) is 9.90 Å². The van der Waals surface area contributed by atoms with Gasteiger partial charge in [0.2, 0.25) is 5.91 Å². The number of likely N-dealkylation sites (N-methyl/N-ethyl adjacent to an activating group) is 1. The highest BCUT2D eigenvalue weighted by atomic mass is 16.3. The van der Waals surface area contributed by atoms with Crippen molar-refractivity contribution in [3.63, 3.8) is 0 Å². The fourth-order valence-electron chi connectivity index (χ4n) is 2.86. The van der Waals surface area contributed by atoms with Crippen molar-refractivity contribution in [3.8, 4) is 0 Å². The molecule has 1 aromatic rings. The van der Waals surface area contributed by atoms with Crippen molar-refractivity contribution in [1.82, 2.24) is 10.2 Å². The molecule has 0 spiro atoms. The molecule has 0 heterocycles. The Morgan fingerprint density at radius 1 is 1.36 bits per heavy atom. The molecule has 4 nitrogen and oxygen atoms in total. The number of nitrogens with one attached hydrogen (secondary N) is 1. The summed E-state index contributed by atoms with van der Waals surface area (Å²) in [6.07, 6.45) is 2.36. The monoisotopic (exact) mass is 304 g/mol. The van der Waals surface area contributed by atoms with E-state index in [0.717, 1.165) is 0 Å². The molecule has 0 saturated heterocycles. The van der Waals surface area contributed by atoms with Gasteiger partial charge in [-0.15, -0.1) is 0 Å². The van der Waals surface area contributed by atoms with Gasteiger partial charge < -0.3 is 10.4 Å². The minimum atomic E-state index is -0.790. The second-order valence-electron chi connectivity index (χ2n) is 7.28. The van der Waals surface area contributed by atoms with Crippen LogP contribution in [-0.2, 0) is 4.79 Å². The van der Waals surface area contributed by atoms with Crippen molar-refractivity contribution in [2.45, 2.75) is 45.3 Å². The lowest BCUT2D eigenvalue weighted by Gasteiger charge is -2.26. The summed E-state index contributed by atoms with van der Waals surface area (Å²) in [5.41, 5.74) is 1.63. The first kappa shape index (κ1) is 17.0. The van der Waals surface area contributed by atoms with Crippen LogP contribution in [0.4, 0.5) is 0 Å². The summed E-state index contributed by atoms with van der Waals surface area (Å²) >= 11 is 0. The molecule has 1 amide bonds. The predicted molar refractivity (Wildman–Crippen MR) is 88.6 cm³/mol. The average molecular weight is 304 g/mol. The zero-order chi connectivity index (χ0) is 16.3. The molecule has 4 heteroatoms. The van der Waals surface area contributed by atoms with Crippen LogP contribution in [0.2, 0.25) is 0 Å².